The predicted molar refractivity (Wildman–Crippen MR) is 271 cm³/mol. The molecule has 1 saturated heterocycles. The molecule has 1 aliphatic rings. The third-order valence-electron chi connectivity index (χ3n) is 10.9. The number of carbonyl (C=O) groups is 8. The summed E-state index contributed by atoms with van der Waals surface area (Å²) in [7, 11) is 1.32. The number of aliphatic imine (C=N–C) groups is 3. The van der Waals surface area contributed by atoms with Crippen LogP contribution in [-0.2, 0) is 44.8 Å². The van der Waals surface area contributed by atoms with E-state index >= 15 is 0 Å². The molecule has 0 radical (unpaired) electrons. The molecule has 23 N–H and O–H groups in total. The number of imide groups is 1. The van der Waals surface area contributed by atoms with Crippen molar-refractivity contribution in [2.45, 2.75) is 119 Å². The molecule has 7 unspecified atom stereocenters. The number of hydrogen-bond acceptors (Lipinski definition) is 17. The van der Waals surface area contributed by atoms with Crippen molar-refractivity contribution in [1.82, 2.24) is 31.5 Å². The Morgan fingerprint density at radius 2 is 1.22 bits per heavy atom. The SMILES string of the molecule is CNC(=O)OC(C)c1cc(CN2C(=O)CC(SCC(N)C(=O)NC(CCCN=C(N)N)C(=O)NC(CCCN=C(N)N)C(=O)NC(CCCN=C(N)N)C(=O)NC(CCCCN)C(N)=O)C2=O)ccc1[N+](=O)[O-]. The van der Waals surface area contributed by atoms with E-state index in [2.05, 4.69) is 41.6 Å². The van der Waals surface area contributed by atoms with Crippen molar-refractivity contribution in [3.05, 3.63) is 39.4 Å². The number of carbonyl (C=O) groups excluding carboxylic acids is 8. The molecule has 0 aromatic heterocycles. The number of benzene rings is 1. The second kappa shape index (κ2) is 31.7. The molecule has 30 nitrogen and oxygen atoms in total. The number of nitrogens with zero attached hydrogens (tertiary/aromatic N) is 5. The van der Waals surface area contributed by atoms with Gasteiger partial charge in [-0.2, -0.15) is 0 Å². The van der Waals surface area contributed by atoms with E-state index in [1.807, 2.05) is 0 Å². The van der Waals surface area contributed by atoms with Crippen molar-refractivity contribution in [1.29, 1.82) is 0 Å². The maximum Gasteiger partial charge on any atom is 0.407 e. The molecule has 0 spiro atoms. The number of nitrogens with one attached hydrogen (secondary N) is 5. The highest BCUT2D eigenvalue weighted by Crippen LogP contribution is 2.31. The van der Waals surface area contributed by atoms with E-state index in [1.54, 1.807) is 0 Å². The summed E-state index contributed by atoms with van der Waals surface area (Å²) < 4.78 is 5.17. The van der Waals surface area contributed by atoms with Crippen molar-refractivity contribution in [2.24, 2.45) is 66.6 Å². The van der Waals surface area contributed by atoms with Crippen LogP contribution < -0.4 is 78.2 Å². The van der Waals surface area contributed by atoms with Gasteiger partial charge in [-0.25, -0.2) is 4.79 Å². The van der Waals surface area contributed by atoms with Gasteiger partial charge < -0.3 is 82.9 Å². The van der Waals surface area contributed by atoms with E-state index in [9.17, 15) is 48.5 Å². The monoisotopic (exact) mass is 1050 g/mol. The third kappa shape index (κ3) is 22.2. The van der Waals surface area contributed by atoms with Crippen LogP contribution in [-0.4, -0.2) is 150 Å². The van der Waals surface area contributed by atoms with E-state index in [0.717, 1.165) is 16.7 Å². The standard InChI is InChI=1S/C42H71N19O11S/c1-22(72-42(69)52-2)24-18-23(12-13-30(24)61(70)71)20-60-32(62)19-31(38(60)68)73-21-25(44)34(64)57-27(9-5-15-53-39(46)47)36(66)59-29(11-7-17-55-41(50)51)37(67)58-28(10-6-16-54-40(48)49)35(65)56-26(33(45)63)8-3-4-14-43/h12-13,18,22,25-29,31H,3-11,14-17,19-21,43-44H2,1-2H3,(H2,45,63)(H,52,69)(H,56,65)(H,57,64)(H,58,67)(H,59,66)(H4,46,47,53)(H4,48,49,54)(H4,50,51,55). The van der Waals surface area contributed by atoms with Gasteiger partial charge in [0.1, 0.15) is 30.3 Å². The first-order valence-corrected chi connectivity index (χ1v) is 24.3. The molecular weight excluding hydrogens is 979 g/mol. The number of ether oxygens (including phenoxy) is 1. The van der Waals surface area contributed by atoms with E-state index in [-0.39, 0.29) is 112 Å². The molecule has 1 aromatic carbocycles. The molecule has 2 rings (SSSR count). The van der Waals surface area contributed by atoms with Crippen LogP contribution in [0.15, 0.2) is 33.2 Å². The van der Waals surface area contributed by atoms with Crippen molar-refractivity contribution >= 4 is 82.8 Å². The van der Waals surface area contributed by atoms with Gasteiger partial charge in [-0.1, -0.05) is 6.07 Å². The van der Waals surface area contributed by atoms with Crippen molar-refractivity contribution in [3.8, 4) is 0 Å². The molecular formula is C42H71N19O11S. The summed E-state index contributed by atoms with van der Waals surface area (Å²) in [5.41, 5.74) is 50.3. The third-order valence-corrected chi connectivity index (χ3v) is 12.2. The summed E-state index contributed by atoms with van der Waals surface area (Å²) in [4.78, 5) is 130. The van der Waals surface area contributed by atoms with Gasteiger partial charge in [0.25, 0.3) is 5.69 Å². The predicted octanol–water partition coefficient (Wildman–Crippen LogP) is -4.59. The van der Waals surface area contributed by atoms with Gasteiger partial charge in [-0.3, -0.25) is 63.6 Å². The number of nitrogens with two attached hydrogens (primary N) is 9. The van der Waals surface area contributed by atoms with E-state index < -0.39 is 93.9 Å². The molecule has 0 saturated carbocycles. The molecule has 73 heavy (non-hydrogen) atoms. The zero-order valence-corrected chi connectivity index (χ0v) is 41.7. The van der Waals surface area contributed by atoms with Crippen molar-refractivity contribution < 1.29 is 48.0 Å². The Bertz CT molecular complexity index is 2190. The Morgan fingerprint density at radius 1 is 0.753 bits per heavy atom. The van der Waals surface area contributed by atoms with Gasteiger partial charge in [-0.05, 0) is 82.9 Å². The van der Waals surface area contributed by atoms with Gasteiger partial charge in [0.15, 0.2) is 17.9 Å². The summed E-state index contributed by atoms with van der Waals surface area (Å²) in [5, 5.41) is 23.4. The highest BCUT2D eigenvalue weighted by Gasteiger charge is 2.40. The Balaban J connectivity index is 2.31. The van der Waals surface area contributed by atoms with Crippen LogP contribution in [0.4, 0.5) is 10.5 Å². The number of guanidine groups is 3. The number of rotatable bonds is 33. The fourth-order valence-electron chi connectivity index (χ4n) is 7.10. The maximum absolute atomic E-state index is 14.1. The maximum atomic E-state index is 14.1. The Kier molecular flexibility index (Phi) is 26.8. The number of primary amides is 1. The number of thioether (sulfide) groups is 1. The average molecular weight is 1050 g/mol. The Morgan fingerprint density at radius 3 is 1.66 bits per heavy atom. The second-order valence-electron chi connectivity index (χ2n) is 16.7. The van der Waals surface area contributed by atoms with E-state index in [0.29, 0.717) is 24.9 Å². The highest BCUT2D eigenvalue weighted by molar-refractivity contribution is 8.00. The summed E-state index contributed by atoms with van der Waals surface area (Å²) in [5.74, 6) is -6.11. The molecule has 0 bridgehead atoms. The molecule has 406 valence electrons. The second-order valence-corrected chi connectivity index (χ2v) is 17.9. The first-order chi connectivity index (χ1) is 34.5. The van der Waals surface area contributed by atoms with Gasteiger partial charge >= 0.3 is 6.09 Å². The molecule has 8 amide bonds. The molecule has 1 aliphatic heterocycles. The number of nitro groups is 1. The molecule has 1 heterocycles. The van der Waals surface area contributed by atoms with Crippen LogP contribution in [0.3, 0.4) is 0 Å². The smallest absolute Gasteiger partial charge is 0.407 e. The fourth-order valence-corrected chi connectivity index (χ4v) is 8.22. The molecule has 1 aromatic rings. The summed E-state index contributed by atoms with van der Waals surface area (Å²) in [6, 6.07) is -2.52. The average Bonchev–Trinajstić information content (AvgIpc) is 3.59. The lowest BCUT2D eigenvalue weighted by atomic mass is 10.0. The van der Waals surface area contributed by atoms with E-state index in [1.165, 1.54) is 32.2 Å². The minimum Gasteiger partial charge on any atom is -0.441 e. The first kappa shape index (κ1) is 61.6. The number of hydrogen-bond donors (Lipinski definition) is 14. The normalized spacial score (nSPS) is 15.5. The Labute approximate surface area is 425 Å². The molecule has 1 fully saturated rings. The quantitative estimate of drug-likeness (QED) is 0.00787. The largest absolute Gasteiger partial charge is 0.441 e. The van der Waals surface area contributed by atoms with Crippen molar-refractivity contribution in [2.75, 3.05) is 39.0 Å². The zero-order valence-electron chi connectivity index (χ0n) is 40.9. The van der Waals surface area contributed by atoms with Gasteiger partial charge in [0.05, 0.1) is 28.3 Å². The molecule has 31 heteroatoms. The van der Waals surface area contributed by atoms with Gasteiger partial charge in [0.2, 0.25) is 41.4 Å². The lowest BCUT2D eigenvalue weighted by molar-refractivity contribution is -0.386. The van der Waals surface area contributed by atoms with Crippen LogP contribution in [0, 0.1) is 10.1 Å². The number of nitro benzene ring substituents is 1. The number of amides is 8. The van der Waals surface area contributed by atoms with Crippen LogP contribution in [0.5, 0.6) is 0 Å². The van der Waals surface area contributed by atoms with Gasteiger partial charge in [-0.15, -0.1) is 11.8 Å². The van der Waals surface area contributed by atoms with E-state index in [4.69, 9.17) is 56.3 Å². The minimum absolute atomic E-state index is 0.0212. The lowest BCUT2D eigenvalue weighted by Crippen LogP contribution is -2.58. The van der Waals surface area contributed by atoms with Crippen LogP contribution in [0.1, 0.15) is 88.4 Å². The fraction of sp³-hybridized carbons (Fsp3) is 0.595. The first-order valence-electron chi connectivity index (χ1n) is 23.2. The number of unbranched alkanes of at least 4 members (excludes halogenated alkanes) is 1. The summed E-state index contributed by atoms with van der Waals surface area (Å²) in [6.07, 6.45) is -0.623. The zero-order chi connectivity index (χ0) is 54.8. The minimum atomic E-state index is -1.36. The molecule has 0 aliphatic carbocycles. The van der Waals surface area contributed by atoms with Crippen LogP contribution in [0.2, 0.25) is 0 Å². The van der Waals surface area contributed by atoms with Crippen molar-refractivity contribution in [3.63, 3.8) is 0 Å². The number of alkyl carbamates (subject to hydrolysis) is 1. The van der Waals surface area contributed by atoms with Gasteiger partial charge in [0, 0.05) is 44.9 Å². The lowest BCUT2D eigenvalue weighted by Gasteiger charge is -2.26. The van der Waals surface area contributed by atoms with Crippen LogP contribution in [0.25, 0.3) is 0 Å². The Hall–Kier alpha value is -7.54. The number of likely N-dealkylation sites (tertiary alicyclic amines) is 1. The van der Waals surface area contributed by atoms with Crippen LogP contribution >= 0.6 is 11.8 Å². The summed E-state index contributed by atoms with van der Waals surface area (Å²) in [6.45, 7) is 1.67. The summed E-state index contributed by atoms with van der Waals surface area (Å²) >= 11 is 0.922. The topological polar surface area (TPSA) is 524 Å². The highest BCUT2D eigenvalue weighted by atomic mass is 32.2. The molecule has 7 atom stereocenters.